The number of carbonyl (C=O) groups excluding carboxylic acids is 1. The lowest BCUT2D eigenvalue weighted by molar-refractivity contribution is -0.152. The third-order valence-electron chi connectivity index (χ3n) is 6.00. The molecule has 0 saturated carbocycles. The van der Waals surface area contributed by atoms with Crippen molar-refractivity contribution in [3.8, 4) is 17.0 Å². The smallest absolute Gasteiger partial charge is 0.416 e. The molecule has 192 valence electrons. The first kappa shape index (κ1) is 26.0. The van der Waals surface area contributed by atoms with Crippen LogP contribution in [0.25, 0.3) is 22.7 Å². The maximum atomic E-state index is 12.9. The fourth-order valence-corrected chi connectivity index (χ4v) is 3.81. The third-order valence-corrected chi connectivity index (χ3v) is 6.00. The number of carbonyl (C=O) groups is 1. The minimum absolute atomic E-state index is 0.191. The molecule has 1 aliphatic rings. The molecular weight excluding hydrogens is 481 g/mol. The molecule has 0 amide bonds. The summed E-state index contributed by atoms with van der Waals surface area (Å²) in [5.41, 5.74) is 3.39. The summed E-state index contributed by atoms with van der Waals surface area (Å²) in [7, 11) is 1.35. The predicted molar refractivity (Wildman–Crippen MR) is 136 cm³/mol. The van der Waals surface area contributed by atoms with Crippen molar-refractivity contribution in [2.75, 3.05) is 13.7 Å². The Labute approximate surface area is 213 Å². The van der Waals surface area contributed by atoms with E-state index in [2.05, 4.69) is 10.3 Å². The van der Waals surface area contributed by atoms with Crippen molar-refractivity contribution in [3.05, 3.63) is 95.7 Å². The molecule has 0 aliphatic carbocycles. The van der Waals surface area contributed by atoms with Crippen molar-refractivity contribution in [1.82, 2.24) is 10.3 Å². The fourth-order valence-electron chi connectivity index (χ4n) is 3.81. The number of nitrogens with zero attached hydrogens (tertiary/aromatic N) is 1. The average molecular weight is 509 g/mol. The molecular formula is C29H27F3N2O3. The Balaban J connectivity index is 1.40. The molecule has 37 heavy (non-hydrogen) atoms. The number of allylic oxidation sites excluding steroid dienone is 2. The van der Waals surface area contributed by atoms with Crippen molar-refractivity contribution >= 4 is 17.4 Å². The molecule has 4 rings (SSSR count). The van der Waals surface area contributed by atoms with Crippen LogP contribution < -0.4 is 10.1 Å². The first-order chi connectivity index (χ1) is 17.6. The van der Waals surface area contributed by atoms with Crippen molar-refractivity contribution in [2.45, 2.75) is 26.4 Å². The fraction of sp³-hybridized carbons (Fsp3) is 0.241. The van der Waals surface area contributed by atoms with Crippen LogP contribution in [0.1, 0.15) is 37.0 Å². The lowest BCUT2D eigenvalue weighted by Crippen LogP contribution is -2.32. The summed E-state index contributed by atoms with van der Waals surface area (Å²) < 4.78 is 49.2. The molecule has 0 bridgehead atoms. The number of aromatic nitrogens is 1. The molecule has 3 aromatic rings. The van der Waals surface area contributed by atoms with Gasteiger partial charge in [0.25, 0.3) is 0 Å². The van der Waals surface area contributed by atoms with Crippen LogP contribution >= 0.6 is 0 Å². The molecule has 0 spiro atoms. The number of rotatable bonds is 7. The van der Waals surface area contributed by atoms with E-state index in [0.29, 0.717) is 17.7 Å². The van der Waals surface area contributed by atoms with Crippen molar-refractivity contribution in [2.24, 2.45) is 5.41 Å². The van der Waals surface area contributed by atoms with E-state index in [1.807, 2.05) is 48.6 Å². The van der Waals surface area contributed by atoms with Crippen LogP contribution in [0.3, 0.4) is 0 Å². The molecule has 8 heteroatoms. The number of ether oxygens (including phenoxy) is 2. The largest absolute Gasteiger partial charge is 0.492 e. The van der Waals surface area contributed by atoms with Gasteiger partial charge in [0, 0.05) is 28.7 Å². The number of esters is 1. The summed E-state index contributed by atoms with van der Waals surface area (Å²) in [5, 5.41) is 3.30. The Morgan fingerprint density at radius 2 is 1.49 bits per heavy atom. The van der Waals surface area contributed by atoms with Crippen LogP contribution in [-0.4, -0.2) is 24.7 Å². The standard InChI is InChI=1S/C29H27F3N2O3/c1-28(2,27(35)36-3)18-37-23-14-9-19(10-15-23)24-16-11-21(17-33-24)26-6-4-5-25(34-26)20-7-12-22(13-8-20)29(30,31)32/h5-17,34H,4,18H2,1-3H3. The molecule has 1 aliphatic heterocycles. The number of pyridine rings is 1. The third kappa shape index (κ3) is 6.20. The number of hydrogen-bond acceptors (Lipinski definition) is 5. The van der Waals surface area contributed by atoms with Crippen LogP contribution in [0.2, 0.25) is 0 Å². The molecule has 2 heterocycles. The van der Waals surface area contributed by atoms with Crippen molar-refractivity contribution < 1.29 is 27.4 Å². The predicted octanol–water partition coefficient (Wildman–Crippen LogP) is 6.72. The van der Waals surface area contributed by atoms with E-state index in [0.717, 1.165) is 40.3 Å². The molecule has 0 atom stereocenters. The zero-order valence-electron chi connectivity index (χ0n) is 20.7. The number of hydrogen-bond donors (Lipinski definition) is 1. The highest BCUT2D eigenvalue weighted by atomic mass is 19.4. The summed E-state index contributed by atoms with van der Waals surface area (Å²) >= 11 is 0. The summed E-state index contributed by atoms with van der Waals surface area (Å²) in [6, 6.07) is 16.4. The molecule has 1 N–H and O–H groups in total. The lowest BCUT2D eigenvalue weighted by Gasteiger charge is -2.21. The van der Waals surface area contributed by atoms with Gasteiger partial charge < -0.3 is 14.8 Å². The highest BCUT2D eigenvalue weighted by Gasteiger charge is 2.30. The molecule has 0 radical (unpaired) electrons. The van der Waals surface area contributed by atoms with Gasteiger partial charge in [-0.2, -0.15) is 13.2 Å². The Kier molecular flexibility index (Phi) is 7.38. The molecule has 0 fully saturated rings. The average Bonchev–Trinajstić information content (AvgIpc) is 2.91. The van der Waals surface area contributed by atoms with E-state index >= 15 is 0 Å². The number of methoxy groups -OCH3 is 1. The maximum absolute atomic E-state index is 12.9. The Morgan fingerprint density at radius 3 is 2.05 bits per heavy atom. The second-order valence-corrected chi connectivity index (χ2v) is 9.29. The number of halogens is 3. The normalized spacial score (nSPS) is 13.8. The molecule has 0 unspecified atom stereocenters. The van der Waals surface area contributed by atoms with Gasteiger partial charge in [0.2, 0.25) is 0 Å². The van der Waals surface area contributed by atoms with E-state index < -0.39 is 17.2 Å². The monoisotopic (exact) mass is 508 g/mol. The van der Waals surface area contributed by atoms with E-state index in [1.54, 1.807) is 20.0 Å². The SMILES string of the molecule is COC(=O)C(C)(C)COc1ccc(-c2ccc(C3=CCC=C(c4ccc(C(F)(F)F)cc4)N3)cn2)cc1. The summed E-state index contributed by atoms with van der Waals surface area (Å²) in [6.45, 7) is 3.71. The van der Waals surface area contributed by atoms with Crippen LogP contribution in [0.15, 0.2) is 79.0 Å². The molecule has 0 saturated heterocycles. The van der Waals surface area contributed by atoms with Crippen molar-refractivity contribution in [1.29, 1.82) is 0 Å². The zero-order chi connectivity index (χ0) is 26.6. The van der Waals surface area contributed by atoms with E-state index in [1.165, 1.54) is 19.2 Å². The molecule has 1 aromatic heterocycles. The van der Waals surface area contributed by atoms with Gasteiger partial charge in [-0.1, -0.05) is 24.3 Å². The van der Waals surface area contributed by atoms with Gasteiger partial charge in [0.05, 0.1) is 23.8 Å². The minimum Gasteiger partial charge on any atom is -0.492 e. The first-order valence-corrected chi connectivity index (χ1v) is 11.7. The number of dihydropyridines is 1. The summed E-state index contributed by atoms with van der Waals surface area (Å²) in [4.78, 5) is 16.4. The van der Waals surface area contributed by atoms with Gasteiger partial charge in [0.15, 0.2) is 0 Å². The Morgan fingerprint density at radius 1 is 0.892 bits per heavy atom. The quantitative estimate of drug-likeness (QED) is 0.359. The van der Waals surface area contributed by atoms with Crippen LogP contribution in [-0.2, 0) is 15.7 Å². The summed E-state index contributed by atoms with van der Waals surface area (Å²) in [5.74, 6) is 0.300. The van der Waals surface area contributed by atoms with Gasteiger partial charge in [-0.05, 0) is 74.4 Å². The van der Waals surface area contributed by atoms with Gasteiger partial charge in [-0.3, -0.25) is 9.78 Å². The van der Waals surface area contributed by atoms with Gasteiger partial charge in [0.1, 0.15) is 12.4 Å². The van der Waals surface area contributed by atoms with Gasteiger partial charge in [-0.25, -0.2) is 0 Å². The number of alkyl halides is 3. The summed E-state index contributed by atoms with van der Waals surface area (Å²) in [6.07, 6.45) is 1.98. The van der Waals surface area contributed by atoms with Gasteiger partial charge >= 0.3 is 12.1 Å². The Bertz CT molecular complexity index is 1310. The maximum Gasteiger partial charge on any atom is 0.416 e. The lowest BCUT2D eigenvalue weighted by atomic mass is 9.95. The Hall–Kier alpha value is -4.07. The second-order valence-electron chi connectivity index (χ2n) is 9.29. The van der Waals surface area contributed by atoms with Gasteiger partial charge in [-0.15, -0.1) is 0 Å². The topological polar surface area (TPSA) is 60.5 Å². The first-order valence-electron chi connectivity index (χ1n) is 11.7. The molecule has 2 aromatic carbocycles. The highest BCUT2D eigenvalue weighted by molar-refractivity contribution is 5.79. The zero-order valence-corrected chi connectivity index (χ0v) is 20.7. The van der Waals surface area contributed by atoms with E-state index in [9.17, 15) is 18.0 Å². The van der Waals surface area contributed by atoms with Crippen LogP contribution in [0, 0.1) is 5.41 Å². The number of benzene rings is 2. The van der Waals surface area contributed by atoms with Crippen LogP contribution in [0.5, 0.6) is 5.75 Å². The second kappa shape index (κ2) is 10.5. The van der Waals surface area contributed by atoms with E-state index in [-0.39, 0.29) is 12.6 Å². The van der Waals surface area contributed by atoms with E-state index in [4.69, 9.17) is 9.47 Å². The molecule has 5 nitrogen and oxygen atoms in total. The number of nitrogens with one attached hydrogen (secondary N) is 1. The highest BCUT2D eigenvalue weighted by Crippen LogP contribution is 2.31. The van der Waals surface area contributed by atoms with Crippen molar-refractivity contribution in [3.63, 3.8) is 0 Å². The minimum atomic E-state index is -4.36. The van der Waals surface area contributed by atoms with Crippen LogP contribution in [0.4, 0.5) is 13.2 Å².